The number of hydrogen-bond acceptors (Lipinski definition) is 4. The molecule has 0 heterocycles. The number of sulfonamides is 1. The van der Waals surface area contributed by atoms with Crippen LogP contribution in [0.4, 0.5) is 10.1 Å². The van der Waals surface area contributed by atoms with Crippen LogP contribution in [-0.2, 0) is 26.2 Å². The first-order valence-electron chi connectivity index (χ1n) is 13.9. The largest absolute Gasteiger partial charge is 0.352 e. The number of nitrogens with one attached hydrogen (secondary N) is 1. The van der Waals surface area contributed by atoms with Crippen molar-refractivity contribution >= 4 is 27.5 Å². The van der Waals surface area contributed by atoms with E-state index >= 15 is 0 Å². The molecule has 2 amide bonds. The smallest absolute Gasteiger partial charge is 0.243 e. The number of nitrogens with zero attached hydrogens (tertiary/aromatic N) is 2. The van der Waals surface area contributed by atoms with E-state index in [1.165, 1.54) is 29.1 Å². The predicted octanol–water partition coefficient (Wildman–Crippen LogP) is 5.25. The Kier molecular flexibility index (Phi) is 10.9. The molecule has 9 heteroatoms. The molecule has 0 aromatic heterocycles. The minimum Gasteiger partial charge on any atom is -0.352 e. The van der Waals surface area contributed by atoms with Crippen LogP contribution < -0.4 is 9.62 Å². The van der Waals surface area contributed by atoms with Crippen LogP contribution in [0.15, 0.2) is 42.5 Å². The van der Waals surface area contributed by atoms with Gasteiger partial charge in [-0.05, 0) is 74.4 Å². The minimum atomic E-state index is -3.57. The molecule has 0 saturated heterocycles. The van der Waals surface area contributed by atoms with Gasteiger partial charge in [0.25, 0.3) is 0 Å². The number of amides is 2. The van der Waals surface area contributed by atoms with Gasteiger partial charge >= 0.3 is 0 Å². The highest BCUT2D eigenvalue weighted by Crippen LogP contribution is 2.26. The lowest BCUT2D eigenvalue weighted by molar-refractivity contribution is -0.141. The van der Waals surface area contributed by atoms with E-state index in [1.54, 1.807) is 23.1 Å². The molecule has 0 radical (unpaired) electrons. The van der Waals surface area contributed by atoms with Crippen molar-refractivity contribution in [3.8, 4) is 0 Å². The Hall–Kier alpha value is -2.94. The van der Waals surface area contributed by atoms with Crippen LogP contribution in [-0.4, -0.2) is 50.0 Å². The summed E-state index contributed by atoms with van der Waals surface area (Å²) >= 11 is 0. The minimum absolute atomic E-state index is 0.0747. The molecule has 0 spiro atoms. The van der Waals surface area contributed by atoms with Crippen molar-refractivity contribution in [2.75, 3.05) is 17.1 Å². The molecule has 0 unspecified atom stereocenters. The lowest BCUT2D eigenvalue weighted by Gasteiger charge is -2.33. The Bertz CT molecular complexity index is 1230. The molecule has 1 fully saturated rings. The van der Waals surface area contributed by atoms with E-state index in [4.69, 9.17) is 0 Å². The first-order valence-corrected chi connectivity index (χ1v) is 15.7. The molecule has 1 aliphatic carbocycles. The summed E-state index contributed by atoms with van der Waals surface area (Å²) in [4.78, 5) is 28.5. The number of benzene rings is 2. The molecule has 0 bridgehead atoms. The van der Waals surface area contributed by atoms with Gasteiger partial charge in [0.1, 0.15) is 11.9 Å². The van der Waals surface area contributed by atoms with Crippen LogP contribution in [0.1, 0.15) is 75.0 Å². The number of halogens is 1. The molecule has 1 aliphatic rings. The summed E-state index contributed by atoms with van der Waals surface area (Å²) in [6.45, 7) is 6.00. The van der Waals surface area contributed by atoms with Gasteiger partial charge in [-0.25, -0.2) is 12.8 Å². The first kappa shape index (κ1) is 30.6. The topological polar surface area (TPSA) is 86.8 Å². The Morgan fingerprint density at radius 2 is 1.72 bits per heavy atom. The number of anilines is 1. The standard InChI is InChI=1S/C30H42FN3O4S/c1-5-27(30(36)32-26-12-7-6-8-13-26)33(21-24-16-18-25(31)19-17-24)29(35)15-10-20-34(39(4,37)38)28-14-9-11-22(2)23(28)3/h9,11,14,16-19,26-27H,5-8,10,12-13,15,20-21H2,1-4H3,(H,32,36)/t27-/m0/s1. The van der Waals surface area contributed by atoms with Crippen LogP contribution >= 0.6 is 0 Å². The highest BCUT2D eigenvalue weighted by Gasteiger charge is 2.30. The normalized spacial score (nSPS) is 15.0. The molecule has 7 nitrogen and oxygen atoms in total. The van der Waals surface area contributed by atoms with Crippen molar-refractivity contribution in [1.82, 2.24) is 10.2 Å². The highest BCUT2D eigenvalue weighted by atomic mass is 32.2. The van der Waals surface area contributed by atoms with Gasteiger partial charge < -0.3 is 10.2 Å². The molecule has 39 heavy (non-hydrogen) atoms. The fourth-order valence-electron chi connectivity index (χ4n) is 5.24. The van der Waals surface area contributed by atoms with E-state index in [1.807, 2.05) is 32.9 Å². The lowest BCUT2D eigenvalue weighted by atomic mass is 9.95. The summed E-state index contributed by atoms with van der Waals surface area (Å²) in [7, 11) is -3.57. The average Bonchev–Trinajstić information content (AvgIpc) is 2.89. The maximum Gasteiger partial charge on any atom is 0.243 e. The predicted molar refractivity (Wildman–Crippen MR) is 153 cm³/mol. The summed E-state index contributed by atoms with van der Waals surface area (Å²) < 4.78 is 40.2. The van der Waals surface area contributed by atoms with Gasteiger partial charge in [0.05, 0.1) is 11.9 Å². The highest BCUT2D eigenvalue weighted by molar-refractivity contribution is 7.92. The zero-order valence-corrected chi connectivity index (χ0v) is 24.4. The third kappa shape index (κ3) is 8.52. The second-order valence-electron chi connectivity index (χ2n) is 10.6. The molecule has 0 aliphatic heterocycles. The van der Waals surface area contributed by atoms with E-state index in [0.717, 1.165) is 42.4 Å². The fourth-order valence-corrected chi connectivity index (χ4v) is 6.25. The SMILES string of the molecule is CC[C@@H](C(=O)NC1CCCCC1)N(Cc1ccc(F)cc1)C(=O)CCCN(c1cccc(C)c1C)S(C)(=O)=O. The van der Waals surface area contributed by atoms with E-state index in [0.29, 0.717) is 18.5 Å². The van der Waals surface area contributed by atoms with Crippen molar-refractivity contribution in [2.45, 2.75) is 90.8 Å². The summed E-state index contributed by atoms with van der Waals surface area (Å²) in [6, 6.07) is 10.9. The van der Waals surface area contributed by atoms with Gasteiger partial charge in [-0.2, -0.15) is 0 Å². The zero-order chi connectivity index (χ0) is 28.6. The summed E-state index contributed by atoms with van der Waals surface area (Å²) in [5.41, 5.74) is 3.18. The van der Waals surface area contributed by atoms with Gasteiger partial charge in [-0.1, -0.05) is 50.5 Å². The van der Waals surface area contributed by atoms with Crippen LogP contribution in [0.2, 0.25) is 0 Å². The molecule has 1 saturated carbocycles. The van der Waals surface area contributed by atoms with Crippen LogP contribution in [0, 0.1) is 19.7 Å². The van der Waals surface area contributed by atoms with E-state index < -0.39 is 16.1 Å². The Morgan fingerprint density at radius 1 is 1.05 bits per heavy atom. The molecule has 2 aromatic carbocycles. The first-order chi connectivity index (χ1) is 18.5. The Balaban J connectivity index is 1.77. The number of hydrogen-bond donors (Lipinski definition) is 1. The van der Waals surface area contributed by atoms with E-state index in [2.05, 4.69) is 5.32 Å². The fraction of sp³-hybridized carbons (Fsp3) is 0.533. The molecule has 2 aromatic rings. The second kappa shape index (κ2) is 13.9. The van der Waals surface area contributed by atoms with Crippen molar-refractivity contribution in [1.29, 1.82) is 0 Å². The maximum atomic E-state index is 13.6. The van der Waals surface area contributed by atoms with E-state index in [9.17, 15) is 22.4 Å². The third-order valence-electron chi connectivity index (χ3n) is 7.60. The van der Waals surface area contributed by atoms with Gasteiger partial charge in [-0.15, -0.1) is 0 Å². The summed E-state index contributed by atoms with van der Waals surface area (Å²) in [5, 5.41) is 3.15. The van der Waals surface area contributed by atoms with Crippen molar-refractivity contribution in [3.05, 3.63) is 65.0 Å². The van der Waals surface area contributed by atoms with Crippen LogP contribution in [0.5, 0.6) is 0 Å². The van der Waals surface area contributed by atoms with Crippen molar-refractivity contribution in [3.63, 3.8) is 0 Å². The average molecular weight is 560 g/mol. The molecule has 1 atom stereocenters. The van der Waals surface area contributed by atoms with Gasteiger partial charge in [-0.3, -0.25) is 13.9 Å². The monoisotopic (exact) mass is 559 g/mol. The third-order valence-corrected chi connectivity index (χ3v) is 8.78. The quantitative estimate of drug-likeness (QED) is 0.385. The number of aryl methyl sites for hydroxylation is 1. The maximum absolute atomic E-state index is 13.6. The Morgan fingerprint density at radius 3 is 2.33 bits per heavy atom. The van der Waals surface area contributed by atoms with Gasteiger partial charge in [0.15, 0.2) is 0 Å². The molecule has 214 valence electrons. The Labute approximate surface area is 232 Å². The zero-order valence-electron chi connectivity index (χ0n) is 23.6. The number of rotatable bonds is 12. The molecule has 3 rings (SSSR count). The van der Waals surface area contributed by atoms with Gasteiger partial charge in [0, 0.05) is 25.6 Å². The second-order valence-corrected chi connectivity index (χ2v) is 12.5. The van der Waals surface area contributed by atoms with Crippen LogP contribution in [0.3, 0.4) is 0 Å². The van der Waals surface area contributed by atoms with Crippen molar-refractivity contribution < 1.29 is 22.4 Å². The van der Waals surface area contributed by atoms with Crippen molar-refractivity contribution in [2.24, 2.45) is 0 Å². The number of carbonyl (C=O) groups is 2. The number of carbonyl (C=O) groups excluding carboxylic acids is 2. The molecule has 1 N–H and O–H groups in total. The summed E-state index contributed by atoms with van der Waals surface area (Å²) in [5.74, 6) is -0.779. The lowest BCUT2D eigenvalue weighted by Crippen LogP contribution is -2.51. The van der Waals surface area contributed by atoms with Gasteiger partial charge in [0.2, 0.25) is 21.8 Å². The molecular formula is C30H42FN3O4S. The van der Waals surface area contributed by atoms with E-state index in [-0.39, 0.29) is 43.2 Å². The van der Waals surface area contributed by atoms with Crippen LogP contribution in [0.25, 0.3) is 0 Å². The molecular weight excluding hydrogens is 517 g/mol. The summed E-state index contributed by atoms with van der Waals surface area (Å²) in [6.07, 6.45) is 7.18.